The van der Waals surface area contributed by atoms with E-state index in [4.69, 9.17) is 4.74 Å². The lowest BCUT2D eigenvalue weighted by Crippen LogP contribution is -2.07. The molecule has 0 saturated carbocycles. The van der Waals surface area contributed by atoms with Gasteiger partial charge in [-0.05, 0) is 43.8 Å². The zero-order valence-corrected chi connectivity index (χ0v) is 13.1. The van der Waals surface area contributed by atoms with Crippen LogP contribution in [0.4, 0.5) is 0 Å². The van der Waals surface area contributed by atoms with Gasteiger partial charge in [-0.25, -0.2) is 0 Å². The van der Waals surface area contributed by atoms with Crippen molar-refractivity contribution in [3.63, 3.8) is 0 Å². The van der Waals surface area contributed by atoms with Crippen molar-refractivity contribution in [1.29, 1.82) is 0 Å². The number of benzene rings is 1. The molecule has 1 N–H and O–H groups in total. The van der Waals surface area contributed by atoms with E-state index in [-0.39, 0.29) is 11.9 Å². The summed E-state index contributed by atoms with van der Waals surface area (Å²) in [5.74, 6) is 0.791. The molecular weight excluding hydrogens is 282 g/mol. The van der Waals surface area contributed by atoms with E-state index < -0.39 is 0 Å². The van der Waals surface area contributed by atoms with Gasteiger partial charge in [0.2, 0.25) is 0 Å². The van der Waals surface area contributed by atoms with Gasteiger partial charge in [0.15, 0.2) is 5.78 Å². The minimum absolute atomic E-state index is 0.0415. The maximum atomic E-state index is 12.8. The number of H-pyrrole nitrogens is 1. The van der Waals surface area contributed by atoms with Gasteiger partial charge in [0.05, 0.1) is 17.1 Å². The summed E-state index contributed by atoms with van der Waals surface area (Å²) in [5.41, 5.74) is 3.37. The molecule has 0 spiro atoms. The smallest absolute Gasteiger partial charge is 0.196 e. The van der Waals surface area contributed by atoms with Crippen molar-refractivity contribution < 1.29 is 9.53 Å². The predicted octanol–water partition coefficient (Wildman–Crippen LogP) is 4.56. The van der Waals surface area contributed by atoms with Crippen LogP contribution in [0.3, 0.4) is 0 Å². The van der Waals surface area contributed by atoms with Gasteiger partial charge in [-0.1, -0.05) is 6.07 Å². The first-order valence-corrected chi connectivity index (χ1v) is 7.86. The lowest BCUT2D eigenvalue weighted by atomic mass is 10.0. The molecule has 0 bridgehead atoms. The minimum Gasteiger partial charge on any atom is -0.490 e. The van der Waals surface area contributed by atoms with Crippen LogP contribution in [0.25, 0.3) is 10.9 Å². The van der Waals surface area contributed by atoms with Crippen LogP contribution in [-0.4, -0.2) is 16.9 Å². The molecule has 1 aromatic carbocycles. The fourth-order valence-corrected chi connectivity index (χ4v) is 3.25. The average molecular weight is 299 g/mol. The number of ether oxygens (including phenoxy) is 1. The Hall–Kier alpha value is -2.07. The number of nitrogens with one attached hydrogen (secondary N) is 1. The summed E-state index contributed by atoms with van der Waals surface area (Å²) in [5, 5.41) is 4.76. The van der Waals surface area contributed by atoms with Crippen LogP contribution in [0.1, 0.15) is 35.3 Å². The molecule has 0 aliphatic rings. The summed E-state index contributed by atoms with van der Waals surface area (Å²) >= 11 is 1.55. The first-order valence-electron chi connectivity index (χ1n) is 6.92. The number of ketones is 1. The van der Waals surface area contributed by atoms with E-state index in [1.54, 1.807) is 17.5 Å². The number of fused-ring (bicyclic) bond motifs is 1. The van der Waals surface area contributed by atoms with Crippen LogP contribution in [0, 0.1) is 6.92 Å². The molecule has 0 saturated heterocycles. The number of thiophene rings is 1. The second-order valence-corrected chi connectivity index (χ2v) is 6.09. The van der Waals surface area contributed by atoms with Crippen LogP contribution in [0.5, 0.6) is 5.75 Å². The molecule has 4 heteroatoms. The molecule has 2 heterocycles. The monoisotopic (exact) mass is 299 g/mol. The third-order valence-corrected chi connectivity index (χ3v) is 4.24. The van der Waals surface area contributed by atoms with Gasteiger partial charge in [-0.15, -0.1) is 0 Å². The lowest BCUT2D eigenvalue weighted by Gasteiger charge is -2.11. The van der Waals surface area contributed by atoms with Crippen molar-refractivity contribution in [2.24, 2.45) is 0 Å². The van der Waals surface area contributed by atoms with Gasteiger partial charge >= 0.3 is 0 Å². The van der Waals surface area contributed by atoms with Gasteiger partial charge in [0, 0.05) is 22.7 Å². The number of carbonyl (C=O) groups is 1. The fraction of sp³-hybridized carbons (Fsp3) is 0.235. The summed E-state index contributed by atoms with van der Waals surface area (Å²) in [6.07, 6.45) is 1.84. The van der Waals surface area contributed by atoms with Gasteiger partial charge in [0.25, 0.3) is 0 Å². The molecule has 0 aliphatic heterocycles. The van der Waals surface area contributed by atoms with Crippen molar-refractivity contribution >= 4 is 28.0 Å². The molecule has 3 rings (SSSR count). The highest BCUT2D eigenvalue weighted by Crippen LogP contribution is 2.31. The lowest BCUT2D eigenvalue weighted by molar-refractivity contribution is 0.104. The first kappa shape index (κ1) is 13.9. The Morgan fingerprint density at radius 3 is 2.71 bits per heavy atom. The van der Waals surface area contributed by atoms with E-state index in [2.05, 4.69) is 4.98 Å². The Kier molecular flexibility index (Phi) is 3.55. The van der Waals surface area contributed by atoms with E-state index >= 15 is 0 Å². The molecule has 0 fully saturated rings. The summed E-state index contributed by atoms with van der Waals surface area (Å²) in [6.45, 7) is 5.93. The highest BCUT2D eigenvalue weighted by molar-refractivity contribution is 7.08. The molecular formula is C17H17NO2S. The molecule has 108 valence electrons. The number of aromatic amines is 1. The molecule has 2 aromatic heterocycles. The summed E-state index contributed by atoms with van der Waals surface area (Å²) in [4.78, 5) is 15.9. The quantitative estimate of drug-likeness (QED) is 0.718. The standard InChI is InChI=1S/C17H17NO2S/c1-10(2)20-15-6-4-5-14-16(15)12(7-18-14)17(19)13-9-21-8-11(13)3/h4-10,18H,1-3H3. The van der Waals surface area contributed by atoms with Crippen molar-refractivity contribution in [3.05, 3.63) is 51.8 Å². The molecule has 3 aromatic rings. The van der Waals surface area contributed by atoms with Crippen LogP contribution in [-0.2, 0) is 0 Å². The van der Waals surface area contributed by atoms with Crippen molar-refractivity contribution in [2.45, 2.75) is 26.9 Å². The van der Waals surface area contributed by atoms with E-state index in [1.165, 1.54) is 0 Å². The molecule has 3 nitrogen and oxygen atoms in total. The SMILES string of the molecule is Cc1cscc1C(=O)c1c[nH]c2cccc(OC(C)C)c12. The average Bonchev–Trinajstić information content (AvgIpc) is 3.04. The van der Waals surface area contributed by atoms with Gasteiger partial charge in [0.1, 0.15) is 5.75 Å². The first-order chi connectivity index (χ1) is 10.1. The minimum atomic E-state index is 0.0415. The highest BCUT2D eigenvalue weighted by atomic mass is 32.1. The highest BCUT2D eigenvalue weighted by Gasteiger charge is 2.19. The number of rotatable bonds is 4. The molecule has 0 radical (unpaired) electrons. The third kappa shape index (κ3) is 2.47. The number of carbonyl (C=O) groups excluding carboxylic acids is 1. The molecule has 21 heavy (non-hydrogen) atoms. The maximum Gasteiger partial charge on any atom is 0.196 e. The summed E-state index contributed by atoms with van der Waals surface area (Å²) in [7, 11) is 0. The zero-order valence-electron chi connectivity index (χ0n) is 12.3. The van der Waals surface area contributed by atoms with E-state index in [0.29, 0.717) is 5.56 Å². The molecule has 0 unspecified atom stereocenters. The summed E-state index contributed by atoms with van der Waals surface area (Å²) < 4.78 is 5.85. The number of hydrogen-bond donors (Lipinski definition) is 1. The zero-order chi connectivity index (χ0) is 15.0. The van der Waals surface area contributed by atoms with Crippen molar-refractivity contribution in [3.8, 4) is 5.75 Å². The van der Waals surface area contributed by atoms with Crippen molar-refractivity contribution in [1.82, 2.24) is 4.98 Å². The maximum absolute atomic E-state index is 12.8. The second-order valence-electron chi connectivity index (χ2n) is 5.35. The van der Waals surface area contributed by atoms with Gasteiger partial charge in [-0.2, -0.15) is 11.3 Å². The Balaban J connectivity index is 2.15. The number of aromatic nitrogens is 1. The number of hydrogen-bond acceptors (Lipinski definition) is 3. The van der Waals surface area contributed by atoms with Crippen LogP contribution in [0.15, 0.2) is 35.2 Å². The fourth-order valence-electron chi connectivity index (χ4n) is 2.42. The van der Waals surface area contributed by atoms with Gasteiger partial charge in [-0.3, -0.25) is 4.79 Å². The Morgan fingerprint density at radius 2 is 2.05 bits per heavy atom. The van der Waals surface area contributed by atoms with E-state index in [0.717, 1.165) is 27.8 Å². The Morgan fingerprint density at radius 1 is 1.24 bits per heavy atom. The number of aryl methyl sites for hydroxylation is 1. The Bertz CT molecular complexity index is 798. The van der Waals surface area contributed by atoms with Crippen LogP contribution < -0.4 is 4.74 Å². The van der Waals surface area contributed by atoms with Crippen molar-refractivity contribution in [2.75, 3.05) is 0 Å². The summed E-state index contributed by atoms with van der Waals surface area (Å²) in [6, 6.07) is 5.80. The second kappa shape index (κ2) is 5.37. The predicted molar refractivity (Wildman–Crippen MR) is 86.6 cm³/mol. The molecule has 0 aliphatic carbocycles. The molecule has 0 atom stereocenters. The Labute approximate surface area is 127 Å². The topological polar surface area (TPSA) is 42.1 Å². The van der Waals surface area contributed by atoms with E-state index in [1.807, 2.05) is 49.7 Å². The normalized spacial score (nSPS) is 11.2. The molecule has 0 amide bonds. The van der Waals surface area contributed by atoms with Gasteiger partial charge < -0.3 is 9.72 Å². The largest absolute Gasteiger partial charge is 0.490 e. The van der Waals surface area contributed by atoms with Crippen LogP contribution in [0.2, 0.25) is 0 Å². The van der Waals surface area contributed by atoms with E-state index in [9.17, 15) is 4.79 Å². The third-order valence-electron chi connectivity index (χ3n) is 3.38. The van der Waals surface area contributed by atoms with Crippen LogP contribution >= 0.6 is 11.3 Å².